The summed E-state index contributed by atoms with van der Waals surface area (Å²) in [5, 5.41) is 3.00. The summed E-state index contributed by atoms with van der Waals surface area (Å²) < 4.78 is 5.58. The molecule has 2 aromatic carbocycles. The lowest BCUT2D eigenvalue weighted by molar-refractivity contribution is -0.136. The molecule has 2 aliphatic heterocycles. The Morgan fingerprint density at radius 2 is 1.67 bits per heavy atom. The van der Waals surface area contributed by atoms with Crippen LogP contribution in [0.25, 0.3) is 0 Å². The highest BCUT2D eigenvalue weighted by molar-refractivity contribution is 6.00. The summed E-state index contributed by atoms with van der Waals surface area (Å²) in [7, 11) is 0. The van der Waals surface area contributed by atoms with Crippen molar-refractivity contribution in [2.75, 3.05) is 38.1 Å². The van der Waals surface area contributed by atoms with Crippen LogP contribution in [0, 0.1) is 12.8 Å². The van der Waals surface area contributed by atoms with Crippen molar-refractivity contribution >= 4 is 23.4 Å². The Labute approximate surface area is 194 Å². The van der Waals surface area contributed by atoms with E-state index in [0.717, 1.165) is 44.3 Å². The standard InChI is InChI=1S/C26H31N3O4/c1-19-22(26(32)28-14-5-6-15-28)12-7-13-23(19)27-25(31)20-9-8-16-29(17-20)24(30)18-33-21-10-3-2-4-11-21/h2-4,7,10-13,20H,5-6,8-9,14-18H2,1H3,(H,27,31). The molecule has 2 aliphatic rings. The molecule has 4 rings (SSSR count). The fourth-order valence-electron chi connectivity index (χ4n) is 4.50. The molecule has 2 saturated heterocycles. The third kappa shape index (κ3) is 5.53. The largest absolute Gasteiger partial charge is 0.484 e. The number of anilines is 1. The van der Waals surface area contributed by atoms with Crippen molar-refractivity contribution in [1.82, 2.24) is 9.80 Å². The molecule has 0 saturated carbocycles. The summed E-state index contributed by atoms with van der Waals surface area (Å²) in [6.07, 6.45) is 3.56. The van der Waals surface area contributed by atoms with E-state index in [2.05, 4.69) is 5.32 Å². The van der Waals surface area contributed by atoms with Gasteiger partial charge in [-0.2, -0.15) is 0 Å². The Morgan fingerprint density at radius 3 is 2.42 bits per heavy atom. The van der Waals surface area contributed by atoms with E-state index >= 15 is 0 Å². The molecular weight excluding hydrogens is 418 g/mol. The zero-order valence-corrected chi connectivity index (χ0v) is 19.1. The van der Waals surface area contributed by atoms with E-state index in [0.29, 0.717) is 30.1 Å². The van der Waals surface area contributed by atoms with E-state index in [1.165, 1.54) is 0 Å². The lowest BCUT2D eigenvalue weighted by Gasteiger charge is -2.32. The molecular formula is C26H31N3O4. The Kier molecular flexibility index (Phi) is 7.27. The van der Waals surface area contributed by atoms with Crippen LogP contribution >= 0.6 is 0 Å². The average Bonchev–Trinajstić information content (AvgIpc) is 3.39. The number of hydrogen-bond donors (Lipinski definition) is 1. The van der Waals surface area contributed by atoms with Crippen LogP contribution in [0.1, 0.15) is 41.6 Å². The van der Waals surface area contributed by atoms with Crippen LogP contribution in [0.15, 0.2) is 48.5 Å². The molecule has 7 heteroatoms. The zero-order chi connectivity index (χ0) is 23.2. The van der Waals surface area contributed by atoms with Crippen LogP contribution in [-0.2, 0) is 9.59 Å². The summed E-state index contributed by atoms with van der Waals surface area (Å²) in [4.78, 5) is 42.1. The summed E-state index contributed by atoms with van der Waals surface area (Å²) in [5.41, 5.74) is 2.07. The maximum atomic E-state index is 13.0. The van der Waals surface area contributed by atoms with E-state index in [4.69, 9.17) is 4.74 Å². The second kappa shape index (κ2) is 10.5. The number of carbonyl (C=O) groups is 3. The first-order valence-corrected chi connectivity index (χ1v) is 11.7. The average molecular weight is 450 g/mol. The van der Waals surface area contributed by atoms with Gasteiger partial charge in [0.25, 0.3) is 11.8 Å². The number of benzene rings is 2. The SMILES string of the molecule is Cc1c(NC(=O)C2CCCN(C(=O)COc3ccccc3)C2)cccc1C(=O)N1CCCC1. The van der Waals surface area contributed by atoms with E-state index in [1.807, 2.05) is 60.4 Å². The predicted octanol–water partition coefficient (Wildman–Crippen LogP) is 3.49. The van der Waals surface area contributed by atoms with Gasteiger partial charge in [-0.1, -0.05) is 24.3 Å². The molecule has 1 atom stereocenters. The van der Waals surface area contributed by atoms with Crippen molar-refractivity contribution in [3.63, 3.8) is 0 Å². The molecule has 7 nitrogen and oxygen atoms in total. The van der Waals surface area contributed by atoms with Crippen molar-refractivity contribution in [3.8, 4) is 5.75 Å². The monoisotopic (exact) mass is 449 g/mol. The van der Waals surface area contributed by atoms with Crippen molar-refractivity contribution in [1.29, 1.82) is 0 Å². The van der Waals surface area contributed by atoms with Crippen molar-refractivity contribution < 1.29 is 19.1 Å². The van der Waals surface area contributed by atoms with Crippen molar-refractivity contribution in [3.05, 3.63) is 59.7 Å². The molecule has 1 unspecified atom stereocenters. The summed E-state index contributed by atoms with van der Waals surface area (Å²) in [5.74, 6) is 0.137. The van der Waals surface area contributed by atoms with Gasteiger partial charge in [0.1, 0.15) is 5.75 Å². The molecule has 2 fully saturated rings. The highest BCUT2D eigenvalue weighted by atomic mass is 16.5. The number of ether oxygens (including phenoxy) is 1. The Balaban J connectivity index is 1.35. The Morgan fingerprint density at radius 1 is 0.939 bits per heavy atom. The highest BCUT2D eigenvalue weighted by Gasteiger charge is 2.29. The highest BCUT2D eigenvalue weighted by Crippen LogP contribution is 2.24. The van der Waals surface area contributed by atoms with E-state index in [1.54, 1.807) is 4.90 Å². The molecule has 33 heavy (non-hydrogen) atoms. The van der Waals surface area contributed by atoms with E-state index < -0.39 is 0 Å². The molecule has 174 valence electrons. The number of piperidine rings is 1. The van der Waals surface area contributed by atoms with Crippen LogP contribution < -0.4 is 10.1 Å². The topological polar surface area (TPSA) is 79.0 Å². The first kappa shape index (κ1) is 22.8. The smallest absolute Gasteiger partial charge is 0.260 e. The summed E-state index contributed by atoms with van der Waals surface area (Å²) in [6, 6.07) is 14.7. The van der Waals surface area contributed by atoms with Gasteiger partial charge in [0, 0.05) is 37.4 Å². The normalized spacial score (nSPS) is 18.2. The molecule has 1 N–H and O–H groups in total. The maximum Gasteiger partial charge on any atom is 0.260 e. The van der Waals surface area contributed by atoms with Crippen LogP contribution in [0.3, 0.4) is 0 Å². The number of amides is 3. The van der Waals surface area contributed by atoms with Gasteiger partial charge in [0.2, 0.25) is 5.91 Å². The van der Waals surface area contributed by atoms with E-state index in [-0.39, 0.29) is 30.2 Å². The number of rotatable bonds is 6. The molecule has 2 aromatic rings. The Hall–Kier alpha value is -3.35. The van der Waals surface area contributed by atoms with Crippen LogP contribution in [-0.4, -0.2) is 60.3 Å². The van der Waals surface area contributed by atoms with Gasteiger partial charge in [-0.3, -0.25) is 14.4 Å². The fourth-order valence-corrected chi connectivity index (χ4v) is 4.50. The summed E-state index contributed by atoms with van der Waals surface area (Å²) in [6.45, 7) is 4.39. The van der Waals surface area contributed by atoms with Gasteiger partial charge in [0.15, 0.2) is 6.61 Å². The minimum atomic E-state index is -0.295. The predicted molar refractivity (Wildman–Crippen MR) is 126 cm³/mol. The molecule has 0 radical (unpaired) electrons. The second-order valence-electron chi connectivity index (χ2n) is 8.75. The fraction of sp³-hybridized carbons (Fsp3) is 0.423. The van der Waals surface area contributed by atoms with Crippen molar-refractivity contribution in [2.24, 2.45) is 5.92 Å². The molecule has 3 amide bonds. The minimum Gasteiger partial charge on any atom is -0.484 e. The molecule has 0 aromatic heterocycles. The molecule has 0 bridgehead atoms. The van der Waals surface area contributed by atoms with Gasteiger partial charge in [-0.15, -0.1) is 0 Å². The van der Waals surface area contributed by atoms with Gasteiger partial charge in [-0.25, -0.2) is 0 Å². The number of likely N-dealkylation sites (tertiary alicyclic amines) is 2. The van der Waals surface area contributed by atoms with Crippen LogP contribution in [0.2, 0.25) is 0 Å². The van der Waals surface area contributed by atoms with Gasteiger partial charge < -0.3 is 19.9 Å². The second-order valence-corrected chi connectivity index (χ2v) is 8.75. The number of para-hydroxylation sites is 1. The summed E-state index contributed by atoms with van der Waals surface area (Å²) >= 11 is 0. The van der Waals surface area contributed by atoms with Gasteiger partial charge in [-0.05, 0) is 62.4 Å². The van der Waals surface area contributed by atoms with Crippen LogP contribution in [0.5, 0.6) is 5.75 Å². The first-order chi connectivity index (χ1) is 16.0. The van der Waals surface area contributed by atoms with Gasteiger partial charge >= 0.3 is 0 Å². The third-order valence-electron chi connectivity index (χ3n) is 6.47. The molecule has 2 heterocycles. The third-order valence-corrected chi connectivity index (χ3v) is 6.47. The lowest BCUT2D eigenvalue weighted by Crippen LogP contribution is -2.45. The zero-order valence-electron chi connectivity index (χ0n) is 19.1. The molecule has 0 aliphatic carbocycles. The quantitative estimate of drug-likeness (QED) is 0.732. The van der Waals surface area contributed by atoms with E-state index in [9.17, 15) is 14.4 Å². The lowest BCUT2D eigenvalue weighted by atomic mass is 9.96. The number of nitrogens with one attached hydrogen (secondary N) is 1. The first-order valence-electron chi connectivity index (χ1n) is 11.7. The Bertz CT molecular complexity index is 1000. The van der Waals surface area contributed by atoms with Crippen LogP contribution in [0.4, 0.5) is 5.69 Å². The van der Waals surface area contributed by atoms with Crippen molar-refractivity contribution in [2.45, 2.75) is 32.6 Å². The molecule has 0 spiro atoms. The van der Waals surface area contributed by atoms with Gasteiger partial charge in [0.05, 0.1) is 5.92 Å². The number of nitrogens with zero attached hydrogens (tertiary/aromatic N) is 2. The number of carbonyl (C=O) groups excluding carboxylic acids is 3. The number of hydrogen-bond acceptors (Lipinski definition) is 4. The maximum absolute atomic E-state index is 13.0. The minimum absolute atomic E-state index is 0.0222.